The molecule has 4 heteroatoms. The molecule has 0 radical (unpaired) electrons. The molecule has 4 heavy (non-hydrogen) atoms. The van der Waals surface area contributed by atoms with Crippen molar-refractivity contribution < 1.29 is 39.0 Å². The minimum Gasteiger partial charge on any atom is 0 e. The van der Waals surface area contributed by atoms with Gasteiger partial charge in [0.05, 0.1) is 0 Å². The summed E-state index contributed by atoms with van der Waals surface area (Å²) in [4.78, 5) is 0. The van der Waals surface area contributed by atoms with Crippen LogP contribution in [-0.4, -0.2) is 0 Å². The van der Waals surface area contributed by atoms with Gasteiger partial charge in [0.25, 0.3) is 0 Å². The molecule has 0 rings (SSSR count). The largest absolute Gasteiger partial charge is 0 e. The Morgan fingerprint density at radius 1 is 1.25 bits per heavy atom. The molecule has 0 saturated heterocycles. The molecule has 0 amide bonds. The fourth-order valence-corrected chi connectivity index (χ4v) is 0. The summed E-state index contributed by atoms with van der Waals surface area (Å²) < 4.78 is 19.1. The molecule has 0 unspecified atom stereocenters. The summed E-state index contributed by atoms with van der Waals surface area (Å²) >= 11 is -1.38. The molecule has 0 heterocycles. The van der Waals surface area contributed by atoms with Gasteiger partial charge in [-0.2, -0.15) is 0 Å². The van der Waals surface area contributed by atoms with E-state index in [1.54, 1.807) is 0 Å². The van der Waals surface area contributed by atoms with E-state index in [2.05, 4.69) is 0 Å². The van der Waals surface area contributed by atoms with E-state index in [0.717, 1.165) is 0 Å². The van der Waals surface area contributed by atoms with Crippen LogP contribution < -0.4 is 0 Å². The van der Waals surface area contributed by atoms with Crippen molar-refractivity contribution in [1.29, 1.82) is 0 Å². The van der Waals surface area contributed by atoms with Crippen LogP contribution in [0.2, 0.25) is 0 Å². The van der Waals surface area contributed by atoms with E-state index >= 15 is 0 Å². The molecule has 0 aromatic heterocycles. The Kier molecular flexibility index (Phi) is 20.2. The average molecular weight is 155 g/mol. The monoisotopic (exact) mass is 154 g/mol. The summed E-state index contributed by atoms with van der Waals surface area (Å²) in [5.74, 6) is 0. The van der Waals surface area contributed by atoms with Crippen LogP contribution in [-0.2, 0) is 31.8 Å². The van der Waals surface area contributed by atoms with Crippen molar-refractivity contribution >= 4 is 0 Å². The standard InChI is InChI=1S/2FH.2Ni/h2*1H;;/q;;;+2/p-2. The zero-order chi connectivity index (χ0) is 2.71. The van der Waals surface area contributed by atoms with Gasteiger partial charge in [-0.15, -0.1) is 0 Å². The van der Waals surface area contributed by atoms with Crippen LogP contribution in [0.5, 0.6) is 0 Å². The molecule has 0 atom stereocenters. The predicted octanol–water partition coefficient (Wildman–Crippen LogP) is 0.835. The number of rotatable bonds is 0. The van der Waals surface area contributed by atoms with Crippen molar-refractivity contribution in [2.75, 3.05) is 0 Å². The van der Waals surface area contributed by atoms with Crippen molar-refractivity contribution in [2.45, 2.75) is 0 Å². The zero-order valence-electron chi connectivity index (χ0n) is 1.39. The summed E-state index contributed by atoms with van der Waals surface area (Å²) in [6.07, 6.45) is 0. The zero-order valence-corrected chi connectivity index (χ0v) is 3.36. The normalized spacial score (nSPS) is 5.50. The summed E-state index contributed by atoms with van der Waals surface area (Å²) in [6, 6.07) is 0. The van der Waals surface area contributed by atoms with Crippen LogP contribution in [0.4, 0.5) is 7.21 Å². The molecule has 34 valence electrons. The second-order valence-electron chi connectivity index (χ2n) is 0.0452. The van der Waals surface area contributed by atoms with Crippen LogP contribution in [0.25, 0.3) is 0 Å². The molecular weight excluding hydrogens is 155 g/mol. The molecule has 0 aliphatic carbocycles. The third kappa shape index (κ3) is 13.5. The quantitative estimate of drug-likeness (QED) is 0.455. The van der Waals surface area contributed by atoms with E-state index in [1.807, 2.05) is 0 Å². The van der Waals surface area contributed by atoms with Gasteiger partial charge in [0, 0.05) is 16.5 Å². The van der Waals surface area contributed by atoms with Gasteiger partial charge in [-0.05, 0) is 0 Å². The first-order valence-electron chi connectivity index (χ1n) is 0.239. The first kappa shape index (κ1) is 8.85. The maximum atomic E-state index is 9.56. The predicted molar refractivity (Wildman–Crippen MR) is 2.22 cm³/mol. The molecule has 0 aliphatic rings. The Hall–Kier alpha value is 0.847. The van der Waals surface area contributed by atoms with Gasteiger partial charge in [-0.1, -0.05) is 0 Å². The molecule has 0 aliphatic heterocycles. The van der Waals surface area contributed by atoms with Gasteiger partial charge in [0.15, 0.2) is 0 Å². The van der Waals surface area contributed by atoms with E-state index in [0.29, 0.717) is 0 Å². The minimum absolute atomic E-state index is 0. The fraction of sp³-hybridized carbons (Fsp3) is 0. The average Bonchev–Trinajstić information content (AvgIpc) is 0.918. The molecule has 0 N–H and O–H groups in total. The van der Waals surface area contributed by atoms with E-state index in [-0.39, 0.29) is 16.5 Å². The van der Waals surface area contributed by atoms with Gasteiger partial charge in [-0.25, -0.2) is 0 Å². The third-order valence-electron chi connectivity index (χ3n) is 0. The fourth-order valence-electron chi connectivity index (χ4n) is 0. The molecule has 0 fully saturated rings. The maximum absolute atomic E-state index is 9.56. The number of hydrogen-bond donors (Lipinski definition) is 0. The van der Waals surface area contributed by atoms with E-state index in [1.165, 1.54) is 0 Å². The van der Waals surface area contributed by atoms with Crippen LogP contribution >= 0.6 is 0 Å². The maximum Gasteiger partial charge on any atom is 0 e. The van der Waals surface area contributed by atoms with Gasteiger partial charge < -0.3 is 0 Å². The van der Waals surface area contributed by atoms with Crippen LogP contribution in [0.3, 0.4) is 0 Å². The number of hydrogen-bond acceptors (Lipinski definition) is 0. The second kappa shape index (κ2) is 9.14. The molecule has 0 aromatic carbocycles. The van der Waals surface area contributed by atoms with Crippen molar-refractivity contribution in [3.05, 3.63) is 0 Å². The summed E-state index contributed by atoms with van der Waals surface area (Å²) in [7, 11) is 0. The molecule has 0 nitrogen and oxygen atoms in total. The first-order chi connectivity index (χ1) is 1.41. The van der Waals surface area contributed by atoms with E-state index in [4.69, 9.17) is 0 Å². The summed E-state index contributed by atoms with van der Waals surface area (Å²) in [5.41, 5.74) is 0. The smallest absolute Gasteiger partial charge is 0 e. The van der Waals surface area contributed by atoms with Crippen LogP contribution in [0.15, 0.2) is 0 Å². The summed E-state index contributed by atoms with van der Waals surface area (Å²) in [5, 5.41) is 0. The Morgan fingerprint density at radius 2 is 1.25 bits per heavy atom. The first-order valence-corrected chi connectivity index (χ1v) is 0.986. The topological polar surface area (TPSA) is 0 Å². The molecular formula is F2Ni2. The van der Waals surface area contributed by atoms with Gasteiger partial charge >= 0.3 is 22.5 Å². The molecule has 0 bridgehead atoms. The minimum atomic E-state index is -1.38. The van der Waals surface area contributed by atoms with Crippen LogP contribution in [0.1, 0.15) is 0 Å². The van der Waals surface area contributed by atoms with Gasteiger partial charge in [0.2, 0.25) is 0 Å². The Balaban J connectivity index is 0. The van der Waals surface area contributed by atoms with Gasteiger partial charge in [-0.3, -0.25) is 0 Å². The molecule has 0 aromatic rings. The SMILES string of the molecule is [F][Ni][F].[Ni]. The Bertz CT molecular complexity index is 4.00. The molecule has 0 spiro atoms. The van der Waals surface area contributed by atoms with Crippen molar-refractivity contribution in [3.8, 4) is 0 Å². The van der Waals surface area contributed by atoms with Gasteiger partial charge in [0.1, 0.15) is 0 Å². The summed E-state index contributed by atoms with van der Waals surface area (Å²) in [6.45, 7) is 0. The Morgan fingerprint density at radius 3 is 1.25 bits per heavy atom. The van der Waals surface area contributed by atoms with E-state index < -0.39 is 15.3 Å². The van der Waals surface area contributed by atoms with Crippen molar-refractivity contribution in [1.82, 2.24) is 0 Å². The van der Waals surface area contributed by atoms with Crippen molar-refractivity contribution in [2.24, 2.45) is 0 Å². The van der Waals surface area contributed by atoms with Crippen molar-refractivity contribution in [3.63, 3.8) is 0 Å². The third-order valence-corrected chi connectivity index (χ3v) is 0. The van der Waals surface area contributed by atoms with Crippen LogP contribution in [0, 0.1) is 0 Å². The number of halogens is 2. The second-order valence-corrected chi connectivity index (χ2v) is 0.186. The van der Waals surface area contributed by atoms with E-state index in [9.17, 15) is 7.21 Å². The molecule has 0 saturated carbocycles. The Labute approximate surface area is 39.6 Å².